The molecular weight excluding hydrogens is 220 g/mol. The molecule has 0 saturated carbocycles. The third-order valence-electron chi connectivity index (χ3n) is 3.29. The lowest BCUT2D eigenvalue weighted by atomic mass is 10.1. The summed E-state index contributed by atoms with van der Waals surface area (Å²) in [6.07, 6.45) is 1.49. The molecule has 2 aromatic heterocycles. The molecule has 7 heteroatoms. The number of nitrogens with zero attached hydrogens (tertiary/aromatic N) is 4. The van der Waals surface area contributed by atoms with Gasteiger partial charge in [0.15, 0.2) is 5.65 Å². The molecule has 0 aliphatic carbocycles. The number of nitrogens with two attached hydrogens (primary N) is 1. The molecule has 0 aromatic carbocycles. The standard InChI is InChI=1S/C10H14N6O/c1-6-3-15(4-7(6)11)8-2-9-13-14-10(17)16(9)5-12-8/h2,5-7H,3-4,11H2,1H3,(H,14,17). The first kappa shape index (κ1) is 10.3. The van der Waals surface area contributed by atoms with Gasteiger partial charge < -0.3 is 10.6 Å². The van der Waals surface area contributed by atoms with Crippen LogP contribution in [0.25, 0.3) is 5.65 Å². The van der Waals surface area contributed by atoms with Crippen LogP contribution in [0.5, 0.6) is 0 Å². The van der Waals surface area contributed by atoms with E-state index in [1.54, 1.807) is 6.07 Å². The van der Waals surface area contributed by atoms with Crippen LogP contribution in [-0.4, -0.2) is 38.7 Å². The van der Waals surface area contributed by atoms with Gasteiger partial charge in [-0.25, -0.2) is 19.3 Å². The minimum Gasteiger partial charge on any atom is -0.355 e. The van der Waals surface area contributed by atoms with Crippen molar-refractivity contribution in [2.75, 3.05) is 18.0 Å². The lowest BCUT2D eigenvalue weighted by molar-refractivity contribution is 0.566. The number of nitrogens with one attached hydrogen (secondary N) is 1. The van der Waals surface area contributed by atoms with E-state index in [1.807, 2.05) is 0 Å². The van der Waals surface area contributed by atoms with Gasteiger partial charge in [0.1, 0.15) is 12.1 Å². The maximum absolute atomic E-state index is 11.3. The van der Waals surface area contributed by atoms with Gasteiger partial charge >= 0.3 is 5.69 Å². The third kappa shape index (κ3) is 1.59. The summed E-state index contributed by atoms with van der Waals surface area (Å²) in [7, 11) is 0. The van der Waals surface area contributed by atoms with E-state index in [0.29, 0.717) is 11.6 Å². The lowest BCUT2D eigenvalue weighted by Crippen LogP contribution is -2.28. The summed E-state index contributed by atoms with van der Waals surface area (Å²) in [6.45, 7) is 3.81. The summed E-state index contributed by atoms with van der Waals surface area (Å²) in [5, 5.41) is 6.30. The number of aromatic nitrogens is 4. The zero-order valence-corrected chi connectivity index (χ0v) is 9.50. The summed E-state index contributed by atoms with van der Waals surface area (Å²) in [6, 6.07) is 1.97. The van der Waals surface area contributed by atoms with Crippen molar-refractivity contribution < 1.29 is 0 Å². The van der Waals surface area contributed by atoms with Crippen LogP contribution in [0.15, 0.2) is 17.2 Å². The Labute approximate surface area is 97.3 Å². The summed E-state index contributed by atoms with van der Waals surface area (Å²) >= 11 is 0. The molecule has 90 valence electrons. The van der Waals surface area contributed by atoms with Crippen molar-refractivity contribution in [1.82, 2.24) is 19.6 Å². The molecule has 2 aromatic rings. The SMILES string of the molecule is CC1CN(c2cc3n[nH]c(=O)n3cn2)CC1N. The molecule has 3 N–H and O–H groups in total. The Kier molecular flexibility index (Phi) is 2.15. The van der Waals surface area contributed by atoms with Crippen molar-refractivity contribution in [2.45, 2.75) is 13.0 Å². The Morgan fingerprint density at radius 3 is 3.06 bits per heavy atom. The lowest BCUT2D eigenvalue weighted by Gasteiger charge is -2.16. The third-order valence-corrected chi connectivity index (χ3v) is 3.29. The van der Waals surface area contributed by atoms with Gasteiger partial charge in [-0.2, -0.15) is 5.10 Å². The smallest absolute Gasteiger partial charge is 0.348 e. The quantitative estimate of drug-likeness (QED) is 0.674. The first-order valence-electron chi connectivity index (χ1n) is 5.58. The molecule has 3 rings (SSSR count). The predicted octanol–water partition coefficient (Wildman–Crippen LogP) is -0.799. The highest BCUT2D eigenvalue weighted by Crippen LogP contribution is 2.21. The van der Waals surface area contributed by atoms with E-state index in [2.05, 4.69) is 27.0 Å². The number of aromatic amines is 1. The van der Waals surface area contributed by atoms with Crippen LogP contribution < -0.4 is 16.3 Å². The van der Waals surface area contributed by atoms with Crippen LogP contribution in [0.2, 0.25) is 0 Å². The molecule has 3 heterocycles. The Hall–Kier alpha value is -1.89. The van der Waals surface area contributed by atoms with Crippen molar-refractivity contribution in [3.8, 4) is 0 Å². The highest BCUT2D eigenvalue weighted by molar-refractivity contribution is 5.51. The molecule has 0 spiro atoms. The molecule has 1 aliphatic rings. The van der Waals surface area contributed by atoms with E-state index >= 15 is 0 Å². The molecule has 2 atom stereocenters. The van der Waals surface area contributed by atoms with Gasteiger partial charge in [0.2, 0.25) is 0 Å². The van der Waals surface area contributed by atoms with E-state index < -0.39 is 0 Å². The molecule has 1 saturated heterocycles. The second kappa shape index (κ2) is 3.56. The largest absolute Gasteiger partial charge is 0.355 e. The number of rotatable bonds is 1. The second-order valence-electron chi connectivity index (χ2n) is 4.55. The Morgan fingerprint density at radius 2 is 2.35 bits per heavy atom. The van der Waals surface area contributed by atoms with Crippen molar-refractivity contribution >= 4 is 11.5 Å². The highest BCUT2D eigenvalue weighted by atomic mass is 16.1. The molecule has 0 radical (unpaired) electrons. The number of anilines is 1. The summed E-state index contributed by atoms with van der Waals surface area (Å²) in [5.74, 6) is 1.27. The summed E-state index contributed by atoms with van der Waals surface area (Å²) < 4.78 is 1.38. The monoisotopic (exact) mass is 234 g/mol. The minimum absolute atomic E-state index is 0.175. The van der Waals surface area contributed by atoms with E-state index in [0.717, 1.165) is 18.9 Å². The van der Waals surface area contributed by atoms with Crippen molar-refractivity contribution in [3.63, 3.8) is 0 Å². The Morgan fingerprint density at radius 1 is 1.53 bits per heavy atom. The molecule has 0 bridgehead atoms. The van der Waals surface area contributed by atoms with E-state index in [-0.39, 0.29) is 11.7 Å². The van der Waals surface area contributed by atoms with Gasteiger partial charge in [-0.15, -0.1) is 0 Å². The number of fused-ring (bicyclic) bond motifs is 1. The van der Waals surface area contributed by atoms with Crippen LogP contribution in [0.1, 0.15) is 6.92 Å². The van der Waals surface area contributed by atoms with Gasteiger partial charge in [0, 0.05) is 25.2 Å². The van der Waals surface area contributed by atoms with Gasteiger partial charge in [0.05, 0.1) is 0 Å². The molecule has 17 heavy (non-hydrogen) atoms. The van der Waals surface area contributed by atoms with E-state index in [9.17, 15) is 4.79 Å². The maximum Gasteiger partial charge on any atom is 0.348 e. The number of hydrogen-bond acceptors (Lipinski definition) is 5. The highest BCUT2D eigenvalue weighted by Gasteiger charge is 2.27. The molecule has 0 amide bonds. The Balaban J connectivity index is 1.99. The first-order chi connectivity index (χ1) is 8.15. The zero-order chi connectivity index (χ0) is 12.0. The average molecular weight is 234 g/mol. The normalized spacial score (nSPS) is 24.7. The predicted molar refractivity (Wildman–Crippen MR) is 63.0 cm³/mol. The van der Waals surface area contributed by atoms with Crippen LogP contribution in [0.4, 0.5) is 5.82 Å². The fourth-order valence-corrected chi connectivity index (χ4v) is 2.15. The molecule has 1 fully saturated rings. The van der Waals surface area contributed by atoms with Crippen molar-refractivity contribution in [1.29, 1.82) is 0 Å². The van der Waals surface area contributed by atoms with Gasteiger partial charge in [-0.1, -0.05) is 6.92 Å². The van der Waals surface area contributed by atoms with Gasteiger partial charge in [0.25, 0.3) is 0 Å². The first-order valence-corrected chi connectivity index (χ1v) is 5.58. The molecule has 2 unspecified atom stereocenters. The zero-order valence-electron chi connectivity index (χ0n) is 9.50. The fourth-order valence-electron chi connectivity index (χ4n) is 2.15. The average Bonchev–Trinajstić information content (AvgIpc) is 2.84. The molecule has 1 aliphatic heterocycles. The number of H-pyrrole nitrogens is 1. The fraction of sp³-hybridized carbons (Fsp3) is 0.500. The molecule has 7 nitrogen and oxygen atoms in total. The topological polar surface area (TPSA) is 92.3 Å². The minimum atomic E-state index is -0.273. The molecular formula is C10H14N6O. The Bertz CT molecular complexity index is 592. The summed E-state index contributed by atoms with van der Waals surface area (Å²) in [5.41, 5.74) is 6.28. The van der Waals surface area contributed by atoms with Crippen molar-refractivity contribution in [2.24, 2.45) is 11.7 Å². The van der Waals surface area contributed by atoms with Crippen LogP contribution in [0.3, 0.4) is 0 Å². The van der Waals surface area contributed by atoms with Crippen molar-refractivity contribution in [3.05, 3.63) is 22.9 Å². The number of hydrogen-bond donors (Lipinski definition) is 2. The maximum atomic E-state index is 11.3. The van der Waals surface area contributed by atoms with E-state index in [1.165, 1.54) is 10.7 Å². The second-order valence-corrected chi connectivity index (χ2v) is 4.55. The summed E-state index contributed by atoms with van der Waals surface area (Å²) in [4.78, 5) is 17.7. The van der Waals surface area contributed by atoms with Crippen LogP contribution >= 0.6 is 0 Å². The van der Waals surface area contributed by atoms with Crippen LogP contribution in [-0.2, 0) is 0 Å². The van der Waals surface area contributed by atoms with Crippen LogP contribution in [0, 0.1) is 5.92 Å². The van der Waals surface area contributed by atoms with E-state index in [4.69, 9.17) is 5.73 Å². The van der Waals surface area contributed by atoms with Gasteiger partial charge in [-0.3, -0.25) is 0 Å². The van der Waals surface area contributed by atoms with Gasteiger partial charge in [-0.05, 0) is 5.92 Å².